The summed E-state index contributed by atoms with van der Waals surface area (Å²) in [6, 6.07) is 3.69. The monoisotopic (exact) mass is 240 g/mol. The molecule has 1 aromatic heterocycles. The lowest BCUT2D eigenvalue weighted by atomic mass is 10.1. The maximum atomic E-state index is 11.2. The van der Waals surface area contributed by atoms with Crippen molar-refractivity contribution in [2.24, 2.45) is 5.14 Å². The molecule has 1 rings (SSSR count). The molecule has 2 N–H and O–H groups in total. The lowest BCUT2D eigenvalue weighted by Crippen LogP contribution is -2.29. The van der Waals surface area contributed by atoms with E-state index >= 15 is 0 Å². The van der Waals surface area contributed by atoms with Gasteiger partial charge in [0.05, 0.1) is 22.8 Å². The molecule has 0 aromatic carbocycles. The molecule has 1 unspecified atom stereocenters. The minimum absolute atomic E-state index is 0.539. The predicted molar refractivity (Wildman–Crippen MR) is 66.2 cm³/mol. The normalized spacial score (nSPS) is 14.0. The number of nitrogens with zero attached hydrogens (tertiary/aromatic N) is 1. The third kappa shape index (κ3) is 3.15. The topological polar surface area (TPSA) is 65.2 Å². The van der Waals surface area contributed by atoms with Crippen molar-refractivity contribution in [2.45, 2.75) is 18.6 Å². The van der Waals surface area contributed by atoms with Gasteiger partial charge in [-0.05, 0) is 26.0 Å². The van der Waals surface area contributed by atoms with Gasteiger partial charge in [-0.25, -0.2) is 9.19 Å². The van der Waals surface area contributed by atoms with Gasteiger partial charge in [0.1, 0.15) is 0 Å². The lowest BCUT2D eigenvalue weighted by Gasteiger charge is -2.15. The van der Waals surface area contributed by atoms with Crippen LogP contribution in [-0.2, 0) is 11.0 Å². The molecule has 5 heteroatoms. The molecule has 0 amide bonds. The molecule has 0 bridgehead atoms. The van der Waals surface area contributed by atoms with E-state index in [9.17, 15) is 4.21 Å². The molecule has 0 saturated heterocycles. The second kappa shape index (κ2) is 5.23. The SMILES string of the molecule is COc1ncccc1C=CC(C)(C)S(N)=O. The fourth-order valence-electron chi connectivity index (χ4n) is 1.06. The Balaban J connectivity index is 2.96. The molecule has 4 nitrogen and oxygen atoms in total. The van der Waals surface area contributed by atoms with E-state index in [1.807, 2.05) is 32.1 Å². The highest BCUT2D eigenvalue weighted by atomic mass is 32.2. The van der Waals surface area contributed by atoms with Crippen LogP contribution < -0.4 is 9.88 Å². The number of nitrogens with two attached hydrogens (primary N) is 1. The Bertz CT molecular complexity index is 416. The number of pyridine rings is 1. The maximum absolute atomic E-state index is 11.2. The highest BCUT2D eigenvalue weighted by Gasteiger charge is 2.19. The van der Waals surface area contributed by atoms with Crippen molar-refractivity contribution >= 4 is 17.1 Å². The summed E-state index contributed by atoms with van der Waals surface area (Å²) in [7, 11) is 0.155. The number of aromatic nitrogens is 1. The number of ether oxygens (including phenoxy) is 1. The van der Waals surface area contributed by atoms with Gasteiger partial charge in [0.25, 0.3) is 0 Å². The summed E-state index contributed by atoms with van der Waals surface area (Å²) in [5.74, 6) is 0.539. The number of rotatable bonds is 4. The van der Waals surface area contributed by atoms with E-state index in [0.29, 0.717) is 5.88 Å². The van der Waals surface area contributed by atoms with Gasteiger partial charge < -0.3 is 4.74 Å². The van der Waals surface area contributed by atoms with Crippen molar-refractivity contribution in [3.8, 4) is 5.88 Å². The first-order valence-electron chi connectivity index (χ1n) is 4.82. The van der Waals surface area contributed by atoms with Crippen LogP contribution in [0.4, 0.5) is 0 Å². The fraction of sp³-hybridized carbons (Fsp3) is 0.364. The molecule has 1 atom stereocenters. The minimum atomic E-state index is -1.41. The number of hydrogen-bond donors (Lipinski definition) is 1. The summed E-state index contributed by atoms with van der Waals surface area (Å²) < 4.78 is 15.8. The zero-order valence-electron chi connectivity index (χ0n) is 9.64. The first kappa shape index (κ1) is 12.9. The van der Waals surface area contributed by atoms with Crippen molar-refractivity contribution in [1.29, 1.82) is 0 Å². The Morgan fingerprint density at radius 3 is 2.81 bits per heavy atom. The molecule has 0 saturated carbocycles. The van der Waals surface area contributed by atoms with Crippen LogP contribution in [0.3, 0.4) is 0 Å². The Morgan fingerprint density at radius 1 is 1.56 bits per heavy atom. The van der Waals surface area contributed by atoms with Crippen LogP contribution in [0.25, 0.3) is 6.08 Å². The average Bonchev–Trinajstić information content (AvgIpc) is 2.26. The molecule has 0 aliphatic rings. The van der Waals surface area contributed by atoms with Crippen LogP contribution in [0.5, 0.6) is 5.88 Å². The second-order valence-electron chi connectivity index (χ2n) is 3.84. The summed E-state index contributed by atoms with van der Waals surface area (Å²) in [5.41, 5.74) is 0.837. The third-order valence-corrected chi connectivity index (χ3v) is 3.35. The third-order valence-electron chi connectivity index (χ3n) is 2.18. The first-order valence-corrected chi connectivity index (χ1v) is 6.03. The highest BCUT2D eigenvalue weighted by Crippen LogP contribution is 2.19. The van der Waals surface area contributed by atoms with Gasteiger partial charge in [0, 0.05) is 11.8 Å². The Hall–Kier alpha value is -1.20. The average molecular weight is 240 g/mol. The lowest BCUT2D eigenvalue weighted by molar-refractivity contribution is 0.397. The molecular formula is C11H16N2O2S. The van der Waals surface area contributed by atoms with E-state index < -0.39 is 15.7 Å². The molecule has 88 valence electrons. The first-order chi connectivity index (χ1) is 7.47. The van der Waals surface area contributed by atoms with Crippen LogP contribution in [0.1, 0.15) is 19.4 Å². The molecule has 0 fully saturated rings. The van der Waals surface area contributed by atoms with E-state index in [-0.39, 0.29) is 0 Å². The van der Waals surface area contributed by atoms with E-state index in [2.05, 4.69) is 4.98 Å². The minimum Gasteiger partial charge on any atom is -0.481 e. The zero-order chi connectivity index (χ0) is 12.2. The fourth-order valence-corrected chi connectivity index (χ4v) is 1.26. The van der Waals surface area contributed by atoms with Gasteiger partial charge in [-0.1, -0.05) is 12.2 Å². The molecule has 0 aliphatic carbocycles. The largest absolute Gasteiger partial charge is 0.481 e. The van der Waals surface area contributed by atoms with Gasteiger partial charge in [0.2, 0.25) is 5.88 Å². The molecule has 0 aliphatic heterocycles. The predicted octanol–water partition coefficient (Wildman–Crippen LogP) is 1.50. The highest BCUT2D eigenvalue weighted by molar-refractivity contribution is 7.84. The van der Waals surface area contributed by atoms with Crippen molar-refractivity contribution in [3.05, 3.63) is 30.0 Å². The maximum Gasteiger partial charge on any atom is 0.220 e. The van der Waals surface area contributed by atoms with E-state index in [1.54, 1.807) is 19.4 Å². The van der Waals surface area contributed by atoms with E-state index in [4.69, 9.17) is 9.88 Å². The molecule has 0 radical (unpaired) electrons. The Morgan fingerprint density at radius 2 is 2.25 bits per heavy atom. The van der Waals surface area contributed by atoms with Crippen molar-refractivity contribution in [1.82, 2.24) is 4.98 Å². The van der Waals surface area contributed by atoms with Crippen LogP contribution in [0, 0.1) is 0 Å². The Kier molecular flexibility index (Phi) is 4.20. The molecular weight excluding hydrogens is 224 g/mol. The van der Waals surface area contributed by atoms with Gasteiger partial charge in [-0.3, -0.25) is 5.14 Å². The summed E-state index contributed by atoms with van der Waals surface area (Å²) in [6.45, 7) is 3.62. The van der Waals surface area contributed by atoms with Crippen molar-refractivity contribution in [3.63, 3.8) is 0 Å². The smallest absolute Gasteiger partial charge is 0.220 e. The Labute approximate surface area is 98.1 Å². The van der Waals surface area contributed by atoms with Crippen molar-refractivity contribution in [2.75, 3.05) is 7.11 Å². The van der Waals surface area contributed by atoms with Crippen molar-refractivity contribution < 1.29 is 8.95 Å². The summed E-state index contributed by atoms with van der Waals surface area (Å²) in [6.07, 6.45) is 5.27. The van der Waals surface area contributed by atoms with E-state index in [1.165, 1.54) is 0 Å². The summed E-state index contributed by atoms with van der Waals surface area (Å²) in [4.78, 5) is 4.06. The quantitative estimate of drug-likeness (QED) is 0.867. The van der Waals surface area contributed by atoms with Gasteiger partial charge >= 0.3 is 0 Å². The van der Waals surface area contributed by atoms with Gasteiger partial charge in [0.15, 0.2) is 0 Å². The van der Waals surface area contributed by atoms with Crippen LogP contribution in [-0.4, -0.2) is 21.0 Å². The van der Waals surface area contributed by atoms with Crippen LogP contribution in [0.2, 0.25) is 0 Å². The second-order valence-corrected chi connectivity index (χ2v) is 5.48. The zero-order valence-corrected chi connectivity index (χ0v) is 10.5. The van der Waals surface area contributed by atoms with Crippen LogP contribution in [0.15, 0.2) is 24.4 Å². The molecule has 1 aromatic rings. The molecule has 16 heavy (non-hydrogen) atoms. The molecule has 0 spiro atoms. The van der Waals surface area contributed by atoms with Gasteiger partial charge in [-0.15, -0.1) is 0 Å². The summed E-state index contributed by atoms with van der Waals surface area (Å²) in [5, 5.41) is 5.38. The van der Waals surface area contributed by atoms with Gasteiger partial charge in [-0.2, -0.15) is 0 Å². The molecule has 1 heterocycles. The van der Waals surface area contributed by atoms with Crippen LogP contribution >= 0.6 is 0 Å². The van der Waals surface area contributed by atoms with E-state index in [0.717, 1.165) is 5.56 Å². The number of hydrogen-bond acceptors (Lipinski definition) is 3. The number of methoxy groups -OCH3 is 1. The summed E-state index contributed by atoms with van der Waals surface area (Å²) >= 11 is 0. The standard InChI is InChI=1S/C11H16N2O2S/c1-11(2,16(12)14)7-6-9-5-4-8-13-10(9)15-3/h4-8H,12H2,1-3H3.